The first-order valence-electron chi connectivity index (χ1n) is 11.7. The summed E-state index contributed by atoms with van der Waals surface area (Å²) in [6, 6.07) is 19.6. The fourth-order valence-corrected chi connectivity index (χ4v) is 4.85. The third-order valence-corrected chi connectivity index (χ3v) is 6.94. The maximum Gasteiger partial charge on any atom is 0.325 e. The van der Waals surface area contributed by atoms with Gasteiger partial charge in [0.25, 0.3) is 0 Å². The molecule has 2 amide bonds. The minimum atomic E-state index is -0.695. The second-order valence-corrected chi connectivity index (χ2v) is 9.04. The van der Waals surface area contributed by atoms with Crippen molar-refractivity contribution in [3.05, 3.63) is 71.9 Å². The summed E-state index contributed by atoms with van der Waals surface area (Å²) in [5.41, 5.74) is 12.1. The molecule has 2 N–H and O–H groups in total. The minimum absolute atomic E-state index is 0.0498. The molecule has 0 radical (unpaired) electrons. The number of halogens is 2. The van der Waals surface area contributed by atoms with Gasteiger partial charge in [-0.1, -0.05) is 54.6 Å². The number of hydrogen-bond donors (Lipinski definition) is 1. The van der Waals surface area contributed by atoms with E-state index in [1.807, 2.05) is 48.5 Å². The highest BCUT2D eigenvalue weighted by Gasteiger charge is 2.35. The first-order valence-corrected chi connectivity index (χ1v) is 11.7. The van der Waals surface area contributed by atoms with Crippen LogP contribution in [0, 0.1) is 0 Å². The highest BCUT2D eigenvalue weighted by molar-refractivity contribution is 5.96. The van der Waals surface area contributed by atoms with Gasteiger partial charge in [-0.2, -0.15) is 0 Å². The number of urea groups is 1. The van der Waals surface area contributed by atoms with Gasteiger partial charge in [0.1, 0.15) is 13.3 Å². The zero-order chi connectivity index (χ0) is 23.7. The predicted molar refractivity (Wildman–Crippen MR) is 130 cm³/mol. The molecule has 0 bridgehead atoms. The van der Waals surface area contributed by atoms with Crippen molar-refractivity contribution in [3.63, 3.8) is 0 Å². The molecule has 5 rings (SSSR count). The number of aromatic nitrogens is 1. The Morgan fingerprint density at radius 1 is 0.941 bits per heavy atom. The number of rotatable bonds is 7. The Kier molecular flexibility index (Phi) is 6.04. The molecule has 1 saturated carbocycles. The molecule has 7 heteroatoms. The minimum Gasteiger partial charge on any atom is -0.321 e. The number of fused-ring (bicyclic) bond motifs is 1. The maximum atomic E-state index is 13.4. The smallest absolute Gasteiger partial charge is 0.321 e. The Balaban J connectivity index is 1.64. The lowest BCUT2D eigenvalue weighted by Gasteiger charge is -2.38. The molecular formula is C27H28F2N4O. The van der Waals surface area contributed by atoms with Crippen LogP contribution in [0.25, 0.3) is 22.4 Å². The summed E-state index contributed by atoms with van der Waals surface area (Å²) in [5.74, 6) is 0. The van der Waals surface area contributed by atoms with Gasteiger partial charge >= 0.3 is 6.03 Å². The maximum absolute atomic E-state index is 13.4. The van der Waals surface area contributed by atoms with Gasteiger partial charge in [0.2, 0.25) is 0 Å². The van der Waals surface area contributed by atoms with Crippen molar-refractivity contribution in [3.8, 4) is 22.4 Å². The number of benzene rings is 2. The van der Waals surface area contributed by atoms with E-state index in [9.17, 15) is 13.6 Å². The molecule has 1 aliphatic heterocycles. The van der Waals surface area contributed by atoms with Crippen LogP contribution in [0.4, 0.5) is 19.3 Å². The number of anilines is 1. The molecular weight excluding hydrogens is 434 g/mol. The van der Waals surface area contributed by atoms with E-state index in [2.05, 4.69) is 12.1 Å². The van der Waals surface area contributed by atoms with Crippen LogP contribution >= 0.6 is 0 Å². The van der Waals surface area contributed by atoms with Crippen molar-refractivity contribution in [1.82, 2.24) is 9.88 Å². The molecule has 1 aromatic heterocycles. The highest BCUT2D eigenvalue weighted by Crippen LogP contribution is 2.41. The highest BCUT2D eigenvalue weighted by atomic mass is 19.1. The van der Waals surface area contributed by atoms with Crippen molar-refractivity contribution in [1.29, 1.82) is 0 Å². The standard InChI is InChI=1S/C27H28F2N4O/c28-13-15-32-18-23-24(33(16-14-29)26(32)34)17-22(19-5-2-1-3-6-19)25(31-23)20-7-9-21(10-8-20)27(30)11-4-12-27/h1-3,5-10,17H,4,11-16,18,30H2. The third-order valence-electron chi connectivity index (χ3n) is 6.94. The molecule has 176 valence electrons. The quantitative estimate of drug-likeness (QED) is 0.509. The van der Waals surface area contributed by atoms with Gasteiger partial charge in [-0.15, -0.1) is 0 Å². The van der Waals surface area contributed by atoms with E-state index in [4.69, 9.17) is 10.7 Å². The first kappa shape index (κ1) is 22.5. The SMILES string of the molecule is NC1(c2ccc(-c3nc4c(cc3-c3ccccc3)N(CCF)C(=O)N(CCF)C4)cc2)CCC1. The summed E-state index contributed by atoms with van der Waals surface area (Å²) in [5, 5.41) is 0. The number of amides is 2. The number of carbonyl (C=O) groups is 1. The zero-order valence-corrected chi connectivity index (χ0v) is 19.0. The lowest BCUT2D eigenvalue weighted by atomic mass is 9.72. The van der Waals surface area contributed by atoms with Gasteiger partial charge in [-0.3, -0.25) is 4.90 Å². The second kappa shape index (κ2) is 9.14. The van der Waals surface area contributed by atoms with Crippen molar-refractivity contribution in [2.45, 2.75) is 31.3 Å². The molecule has 5 nitrogen and oxygen atoms in total. The van der Waals surface area contributed by atoms with E-state index in [1.54, 1.807) is 0 Å². The molecule has 2 aliphatic rings. The molecule has 34 heavy (non-hydrogen) atoms. The molecule has 0 saturated heterocycles. The van der Waals surface area contributed by atoms with Crippen molar-refractivity contribution >= 4 is 11.7 Å². The van der Waals surface area contributed by atoms with Crippen LogP contribution in [0.3, 0.4) is 0 Å². The Bertz CT molecular complexity index is 1180. The lowest BCUT2D eigenvalue weighted by molar-refractivity contribution is 0.191. The van der Waals surface area contributed by atoms with Gasteiger partial charge in [-0.25, -0.2) is 18.6 Å². The molecule has 2 aromatic carbocycles. The van der Waals surface area contributed by atoms with Crippen molar-refractivity contribution in [2.24, 2.45) is 5.73 Å². The van der Waals surface area contributed by atoms with E-state index < -0.39 is 19.4 Å². The number of hydrogen-bond acceptors (Lipinski definition) is 3. The van der Waals surface area contributed by atoms with Crippen LogP contribution in [0.1, 0.15) is 30.5 Å². The number of pyridine rings is 1. The van der Waals surface area contributed by atoms with Gasteiger partial charge in [0.05, 0.1) is 36.7 Å². The Morgan fingerprint density at radius 2 is 1.65 bits per heavy atom. The van der Waals surface area contributed by atoms with Gasteiger partial charge in [0.15, 0.2) is 0 Å². The van der Waals surface area contributed by atoms with E-state index in [0.29, 0.717) is 11.4 Å². The summed E-state index contributed by atoms with van der Waals surface area (Å²) in [4.78, 5) is 20.6. The molecule has 0 unspecified atom stereocenters. The van der Waals surface area contributed by atoms with E-state index >= 15 is 0 Å². The zero-order valence-electron chi connectivity index (χ0n) is 19.0. The molecule has 2 heterocycles. The Hall–Kier alpha value is -3.32. The van der Waals surface area contributed by atoms with Crippen LogP contribution in [0.2, 0.25) is 0 Å². The van der Waals surface area contributed by atoms with Crippen molar-refractivity contribution < 1.29 is 13.6 Å². The molecule has 0 atom stereocenters. The number of carbonyl (C=O) groups excluding carboxylic acids is 1. The number of nitrogens with two attached hydrogens (primary N) is 1. The Morgan fingerprint density at radius 3 is 2.26 bits per heavy atom. The van der Waals surface area contributed by atoms with Gasteiger partial charge in [0, 0.05) is 16.7 Å². The van der Waals surface area contributed by atoms with Gasteiger partial charge < -0.3 is 10.6 Å². The van der Waals surface area contributed by atoms with E-state index in [1.165, 1.54) is 9.80 Å². The van der Waals surface area contributed by atoms with Gasteiger partial charge in [-0.05, 0) is 36.5 Å². The topological polar surface area (TPSA) is 62.5 Å². The monoisotopic (exact) mass is 462 g/mol. The first-order chi connectivity index (χ1) is 16.5. The molecule has 0 spiro atoms. The van der Waals surface area contributed by atoms with E-state index in [0.717, 1.165) is 47.2 Å². The molecule has 1 fully saturated rings. The predicted octanol–water partition coefficient (Wildman–Crippen LogP) is 5.43. The molecule has 3 aromatic rings. The number of alkyl halides is 2. The summed E-state index contributed by atoms with van der Waals surface area (Å²) < 4.78 is 26.5. The van der Waals surface area contributed by atoms with Crippen LogP contribution in [0.15, 0.2) is 60.7 Å². The average Bonchev–Trinajstić information content (AvgIpc) is 2.85. The largest absolute Gasteiger partial charge is 0.325 e. The third kappa shape index (κ3) is 3.94. The summed E-state index contributed by atoms with van der Waals surface area (Å²) in [6.07, 6.45) is 3.12. The van der Waals surface area contributed by atoms with Crippen LogP contribution in [-0.4, -0.2) is 42.4 Å². The normalized spacial score (nSPS) is 16.9. The van der Waals surface area contributed by atoms with Crippen LogP contribution in [0.5, 0.6) is 0 Å². The average molecular weight is 463 g/mol. The van der Waals surface area contributed by atoms with E-state index in [-0.39, 0.29) is 25.2 Å². The lowest BCUT2D eigenvalue weighted by Crippen LogP contribution is -2.49. The Labute approximate surface area is 198 Å². The summed E-state index contributed by atoms with van der Waals surface area (Å²) in [7, 11) is 0. The van der Waals surface area contributed by atoms with Crippen LogP contribution < -0.4 is 10.6 Å². The van der Waals surface area contributed by atoms with Crippen molar-refractivity contribution in [2.75, 3.05) is 31.3 Å². The second-order valence-electron chi connectivity index (χ2n) is 9.04. The fourth-order valence-electron chi connectivity index (χ4n) is 4.85. The van der Waals surface area contributed by atoms with Crippen LogP contribution in [-0.2, 0) is 12.1 Å². The number of nitrogens with zero attached hydrogens (tertiary/aromatic N) is 3. The summed E-state index contributed by atoms with van der Waals surface area (Å²) >= 11 is 0. The molecule has 1 aliphatic carbocycles. The fraction of sp³-hybridized carbons (Fsp3) is 0.333. The summed E-state index contributed by atoms with van der Waals surface area (Å²) in [6.45, 7) is -1.32.